The summed E-state index contributed by atoms with van der Waals surface area (Å²) in [6.45, 7) is 9.31. The molecule has 0 radical (unpaired) electrons. The van der Waals surface area contributed by atoms with E-state index in [2.05, 4.69) is 62.2 Å². The van der Waals surface area contributed by atoms with Gasteiger partial charge in [0.05, 0.1) is 0 Å². The van der Waals surface area contributed by atoms with Crippen LogP contribution in [0.3, 0.4) is 0 Å². The zero-order valence-electron chi connectivity index (χ0n) is 11.9. The van der Waals surface area contributed by atoms with E-state index in [-0.39, 0.29) is 5.41 Å². The Morgan fingerprint density at radius 2 is 1.84 bits per heavy atom. The zero-order chi connectivity index (χ0) is 14.0. The van der Waals surface area contributed by atoms with E-state index in [1.807, 2.05) is 4.57 Å². The number of aromatic nitrogens is 3. The van der Waals surface area contributed by atoms with Gasteiger partial charge in [-0.05, 0) is 36.1 Å². The minimum atomic E-state index is -0.0497. The van der Waals surface area contributed by atoms with Crippen molar-refractivity contribution in [2.45, 2.75) is 46.1 Å². The fourth-order valence-electron chi connectivity index (χ4n) is 2.16. The van der Waals surface area contributed by atoms with Gasteiger partial charge < -0.3 is 4.57 Å². The summed E-state index contributed by atoms with van der Waals surface area (Å²) in [7, 11) is 0. The molecule has 0 aliphatic carbocycles. The maximum Gasteiger partial charge on any atom is 0.225 e. The van der Waals surface area contributed by atoms with Crippen LogP contribution < -0.4 is 0 Å². The molecule has 2 rings (SSSR count). The predicted molar refractivity (Wildman–Crippen MR) is 78.6 cm³/mol. The molecule has 19 heavy (non-hydrogen) atoms. The SMILES string of the molecule is Cc1ccccc1CCn1c(Cl)nnc1C(C)(C)C. The van der Waals surface area contributed by atoms with Crippen LogP contribution in [0.5, 0.6) is 0 Å². The lowest BCUT2D eigenvalue weighted by atomic mass is 9.95. The number of nitrogens with zero attached hydrogens (tertiary/aromatic N) is 3. The molecule has 0 N–H and O–H groups in total. The van der Waals surface area contributed by atoms with Gasteiger partial charge in [-0.1, -0.05) is 45.0 Å². The van der Waals surface area contributed by atoms with Gasteiger partial charge >= 0.3 is 0 Å². The van der Waals surface area contributed by atoms with Crippen LogP contribution in [0.15, 0.2) is 24.3 Å². The van der Waals surface area contributed by atoms with E-state index in [0.29, 0.717) is 5.28 Å². The summed E-state index contributed by atoms with van der Waals surface area (Å²) in [5.41, 5.74) is 2.60. The highest BCUT2D eigenvalue weighted by Gasteiger charge is 2.23. The molecular weight excluding hydrogens is 258 g/mol. The second-order valence-electron chi connectivity index (χ2n) is 5.87. The van der Waals surface area contributed by atoms with E-state index in [0.717, 1.165) is 18.8 Å². The lowest BCUT2D eigenvalue weighted by Crippen LogP contribution is -2.20. The first-order valence-electron chi connectivity index (χ1n) is 6.53. The van der Waals surface area contributed by atoms with Gasteiger partial charge in [-0.2, -0.15) is 0 Å². The minimum absolute atomic E-state index is 0.0497. The summed E-state index contributed by atoms with van der Waals surface area (Å²) in [4.78, 5) is 0. The first-order chi connectivity index (χ1) is 8.89. The Morgan fingerprint density at radius 1 is 1.16 bits per heavy atom. The Balaban J connectivity index is 2.21. The van der Waals surface area contributed by atoms with Crippen LogP contribution in [0.4, 0.5) is 0 Å². The third-order valence-corrected chi connectivity index (χ3v) is 3.52. The number of aryl methyl sites for hydroxylation is 2. The standard InChI is InChI=1S/C15H20ClN3/c1-11-7-5-6-8-12(11)9-10-19-13(15(2,3)4)17-18-14(19)16/h5-8H,9-10H2,1-4H3. The molecule has 0 amide bonds. The summed E-state index contributed by atoms with van der Waals surface area (Å²) in [6, 6.07) is 8.42. The molecule has 3 nitrogen and oxygen atoms in total. The normalized spacial score (nSPS) is 11.8. The fraction of sp³-hybridized carbons (Fsp3) is 0.467. The van der Waals surface area contributed by atoms with Gasteiger partial charge in [-0.3, -0.25) is 0 Å². The summed E-state index contributed by atoms with van der Waals surface area (Å²) >= 11 is 6.15. The molecule has 0 fully saturated rings. The average molecular weight is 278 g/mol. The van der Waals surface area contributed by atoms with E-state index in [4.69, 9.17) is 11.6 Å². The molecule has 2 aromatic rings. The van der Waals surface area contributed by atoms with Crippen LogP contribution in [0.2, 0.25) is 5.28 Å². The van der Waals surface area contributed by atoms with Crippen molar-refractivity contribution in [3.8, 4) is 0 Å². The van der Waals surface area contributed by atoms with Crippen molar-refractivity contribution in [3.05, 3.63) is 46.5 Å². The van der Waals surface area contributed by atoms with E-state index >= 15 is 0 Å². The minimum Gasteiger partial charge on any atom is -0.301 e. The number of benzene rings is 1. The average Bonchev–Trinajstić information content (AvgIpc) is 2.69. The number of halogens is 1. The molecule has 0 atom stereocenters. The van der Waals surface area contributed by atoms with E-state index in [1.165, 1.54) is 11.1 Å². The molecule has 0 saturated carbocycles. The lowest BCUT2D eigenvalue weighted by molar-refractivity contribution is 0.497. The third kappa shape index (κ3) is 3.16. The van der Waals surface area contributed by atoms with Gasteiger partial charge in [0.15, 0.2) is 0 Å². The molecule has 1 heterocycles. The lowest BCUT2D eigenvalue weighted by Gasteiger charge is -2.19. The largest absolute Gasteiger partial charge is 0.301 e. The van der Waals surface area contributed by atoms with Gasteiger partial charge in [0.2, 0.25) is 5.28 Å². The van der Waals surface area contributed by atoms with Crippen LogP contribution in [-0.2, 0) is 18.4 Å². The number of rotatable bonds is 3. The van der Waals surface area contributed by atoms with Gasteiger partial charge in [0.1, 0.15) is 5.82 Å². The molecule has 0 bridgehead atoms. The Labute approximate surface area is 119 Å². The zero-order valence-corrected chi connectivity index (χ0v) is 12.7. The molecule has 0 saturated heterocycles. The third-order valence-electron chi connectivity index (χ3n) is 3.24. The molecule has 0 unspecified atom stereocenters. The first kappa shape index (κ1) is 14.1. The Bertz CT molecular complexity index is 567. The van der Waals surface area contributed by atoms with E-state index in [9.17, 15) is 0 Å². The Hall–Kier alpha value is -1.35. The number of hydrogen-bond acceptors (Lipinski definition) is 2. The molecule has 0 aliphatic rings. The molecule has 102 valence electrons. The van der Waals surface area contributed by atoms with Crippen LogP contribution in [0.1, 0.15) is 37.7 Å². The van der Waals surface area contributed by atoms with E-state index in [1.54, 1.807) is 0 Å². The van der Waals surface area contributed by atoms with Crippen molar-refractivity contribution in [2.75, 3.05) is 0 Å². The topological polar surface area (TPSA) is 30.7 Å². The van der Waals surface area contributed by atoms with Crippen molar-refractivity contribution in [1.29, 1.82) is 0 Å². The number of hydrogen-bond donors (Lipinski definition) is 0. The molecule has 0 spiro atoms. The van der Waals surface area contributed by atoms with Crippen molar-refractivity contribution in [3.63, 3.8) is 0 Å². The van der Waals surface area contributed by atoms with Crippen molar-refractivity contribution in [1.82, 2.24) is 14.8 Å². The Kier molecular flexibility index (Phi) is 3.95. The van der Waals surface area contributed by atoms with Crippen LogP contribution in [0, 0.1) is 6.92 Å². The van der Waals surface area contributed by atoms with Crippen LogP contribution >= 0.6 is 11.6 Å². The second-order valence-corrected chi connectivity index (χ2v) is 6.21. The Morgan fingerprint density at radius 3 is 2.47 bits per heavy atom. The van der Waals surface area contributed by atoms with E-state index < -0.39 is 0 Å². The molecule has 1 aromatic heterocycles. The summed E-state index contributed by atoms with van der Waals surface area (Å²) < 4.78 is 2.01. The maximum absolute atomic E-state index is 6.15. The molecular formula is C15H20ClN3. The van der Waals surface area contributed by atoms with Crippen molar-refractivity contribution in [2.24, 2.45) is 0 Å². The highest BCUT2D eigenvalue weighted by atomic mass is 35.5. The summed E-state index contributed by atoms with van der Waals surface area (Å²) in [5, 5.41) is 8.67. The van der Waals surface area contributed by atoms with Crippen molar-refractivity contribution < 1.29 is 0 Å². The van der Waals surface area contributed by atoms with Gasteiger partial charge in [-0.25, -0.2) is 0 Å². The predicted octanol–water partition coefficient (Wildman–Crippen LogP) is 3.78. The van der Waals surface area contributed by atoms with Gasteiger partial charge in [0, 0.05) is 12.0 Å². The smallest absolute Gasteiger partial charge is 0.225 e. The van der Waals surface area contributed by atoms with Crippen molar-refractivity contribution >= 4 is 11.6 Å². The molecule has 4 heteroatoms. The first-order valence-corrected chi connectivity index (χ1v) is 6.91. The van der Waals surface area contributed by atoms with Crippen LogP contribution in [-0.4, -0.2) is 14.8 Å². The summed E-state index contributed by atoms with van der Waals surface area (Å²) in [6.07, 6.45) is 0.938. The second kappa shape index (κ2) is 5.33. The van der Waals surface area contributed by atoms with Gasteiger partial charge in [0.25, 0.3) is 0 Å². The monoisotopic (exact) mass is 277 g/mol. The quantitative estimate of drug-likeness (QED) is 0.855. The van der Waals surface area contributed by atoms with Crippen LogP contribution in [0.25, 0.3) is 0 Å². The molecule has 1 aromatic carbocycles. The van der Waals surface area contributed by atoms with Gasteiger partial charge in [-0.15, -0.1) is 10.2 Å². The maximum atomic E-state index is 6.15. The molecule has 0 aliphatic heterocycles. The summed E-state index contributed by atoms with van der Waals surface area (Å²) in [5.74, 6) is 0.936. The highest BCUT2D eigenvalue weighted by molar-refractivity contribution is 6.28. The highest BCUT2D eigenvalue weighted by Crippen LogP contribution is 2.23. The fourth-order valence-corrected chi connectivity index (χ4v) is 2.36.